The minimum Gasteiger partial charge on any atom is -0.411 e. The van der Waals surface area contributed by atoms with Gasteiger partial charge in [0.1, 0.15) is 0 Å². The lowest BCUT2D eigenvalue weighted by atomic mass is 9.44. The molecule has 4 aliphatic carbocycles. The highest BCUT2D eigenvalue weighted by molar-refractivity contribution is 5.85. The summed E-state index contributed by atoms with van der Waals surface area (Å²) in [6.45, 7) is 7.65. The molecule has 0 unspecified atom stereocenters. The van der Waals surface area contributed by atoms with Crippen LogP contribution in [0.5, 0.6) is 0 Å². The first-order valence-electron chi connectivity index (χ1n) is 10.2. The normalized spacial score (nSPS) is 54.4. The van der Waals surface area contributed by atoms with Gasteiger partial charge in [0.05, 0.1) is 5.71 Å². The third kappa shape index (κ3) is 2.15. The topological polar surface area (TPSA) is 32.6 Å². The van der Waals surface area contributed by atoms with Crippen LogP contribution in [0.15, 0.2) is 5.16 Å². The second kappa shape index (κ2) is 5.49. The second-order valence-corrected chi connectivity index (χ2v) is 9.75. The van der Waals surface area contributed by atoms with Crippen molar-refractivity contribution in [3.63, 3.8) is 0 Å². The highest BCUT2D eigenvalue weighted by atomic mass is 16.4. The first-order valence-corrected chi connectivity index (χ1v) is 10.2. The van der Waals surface area contributed by atoms with E-state index in [9.17, 15) is 5.21 Å². The van der Waals surface area contributed by atoms with Crippen LogP contribution in [-0.2, 0) is 0 Å². The van der Waals surface area contributed by atoms with Gasteiger partial charge in [0.15, 0.2) is 0 Å². The first kappa shape index (κ1) is 16.0. The Hall–Kier alpha value is -0.530. The first-order chi connectivity index (χ1) is 11.0. The fourth-order valence-corrected chi connectivity index (χ4v) is 7.93. The van der Waals surface area contributed by atoms with Crippen LogP contribution in [0, 0.1) is 40.4 Å². The van der Waals surface area contributed by atoms with Crippen molar-refractivity contribution in [1.82, 2.24) is 0 Å². The lowest BCUT2D eigenvalue weighted by molar-refractivity contribution is -0.101. The average Bonchev–Trinajstić information content (AvgIpc) is 2.90. The molecule has 0 radical (unpaired) electrons. The van der Waals surface area contributed by atoms with Crippen LogP contribution in [0.2, 0.25) is 0 Å². The molecule has 7 atom stereocenters. The van der Waals surface area contributed by atoms with Crippen molar-refractivity contribution in [3.8, 4) is 0 Å². The van der Waals surface area contributed by atoms with Crippen LogP contribution in [-0.4, -0.2) is 10.9 Å². The molecule has 0 saturated heterocycles. The SMILES string of the molecule is CC[C@H]1CC[C@H]2[C@@H]3CC[C@H]4C/C(=N/O)CC[C@]4(C)[C@H]3CC[C@]12C. The van der Waals surface area contributed by atoms with Gasteiger partial charge in [-0.15, -0.1) is 0 Å². The zero-order valence-electron chi connectivity index (χ0n) is 15.4. The minimum absolute atomic E-state index is 0.517. The van der Waals surface area contributed by atoms with E-state index in [4.69, 9.17) is 0 Å². The predicted molar refractivity (Wildman–Crippen MR) is 94.7 cm³/mol. The monoisotopic (exact) mass is 317 g/mol. The Balaban J connectivity index is 1.60. The number of oxime groups is 1. The van der Waals surface area contributed by atoms with Crippen LogP contribution in [0.1, 0.15) is 85.0 Å². The minimum atomic E-state index is 0.517. The van der Waals surface area contributed by atoms with E-state index in [-0.39, 0.29) is 0 Å². The van der Waals surface area contributed by atoms with Crippen LogP contribution in [0.4, 0.5) is 0 Å². The Morgan fingerprint density at radius 3 is 2.52 bits per heavy atom. The van der Waals surface area contributed by atoms with Crippen molar-refractivity contribution in [2.45, 2.75) is 85.0 Å². The van der Waals surface area contributed by atoms with E-state index in [1.165, 1.54) is 51.4 Å². The Kier molecular flexibility index (Phi) is 3.81. The Labute approximate surface area is 142 Å². The number of hydrogen-bond acceptors (Lipinski definition) is 2. The maximum absolute atomic E-state index is 9.20. The van der Waals surface area contributed by atoms with Crippen LogP contribution in [0.3, 0.4) is 0 Å². The molecule has 1 N–H and O–H groups in total. The van der Waals surface area contributed by atoms with Gasteiger partial charge in [-0.1, -0.05) is 32.3 Å². The Morgan fingerprint density at radius 2 is 1.78 bits per heavy atom. The third-order valence-corrected chi connectivity index (χ3v) is 9.33. The van der Waals surface area contributed by atoms with Crippen LogP contribution >= 0.6 is 0 Å². The fourth-order valence-electron chi connectivity index (χ4n) is 7.93. The number of rotatable bonds is 1. The summed E-state index contributed by atoms with van der Waals surface area (Å²) in [5.41, 5.74) is 2.23. The van der Waals surface area contributed by atoms with Crippen LogP contribution < -0.4 is 0 Å². The summed E-state index contributed by atoms with van der Waals surface area (Å²) in [5, 5.41) is 12.8. The van der Waals surface area contributed by atoms with Gasteiger partial charge in [0.25, 0.3) is 0 Å². The molecule has 0 aromatic carbocycles. The van der Waals surface area contributed by atoms with Gasteiger partial charge in [-0.25, -0.2) is 0 Å². The van der Waals surface area contributed by atoms with Crippen molar-refractivity contribution in [3.05, 3.63) is 0 Å². The molecule has 0 bridgehead atoms. The van der Waals surface area contributed by atoms with Crippen molar-refractivity contribution < 1.29 is 5.21 Å². The second-order valence-electron chi connectivity index (χ2n) is 9.75. The number of hydrogen-bond donors (Lipinski definition) is 1. The van der Waals surface area contributed by atoms with Gasteiger partial charge in [-0.3, -0.25) is 0 Å². The molecule has 0 amide bonds. The summed E-state index contributed by atoms with van der Waals surface area (Å²) in [7, 11) is 0. The smallest absolute Gasteiger partial charge is 0.0574 e. The van der Waals surface area contributed by atoms with Gasteiger partial charge in [-0.05, 0) is 98.2 Å². The van der Waals surface area contributed by atoms with Crippen molar-refractivity contribution in [1.29, 1.82) is 0 Å². The zero-order chi connectivity index (χ0) is 16.2. The summed E-state index contributed by atoms with van der Waals surface area (Å²) >= 11 is 0. The molecule has 23 heavy (non-hydrogen) atoms. The molecule has 4 rings (SSSR count). The lowest BCUT2D eigenvalue weighted by Crippen LogP contribution is -2.53. The van der Waals surface area contributed by atoms with Gasteiger partial charge in [-0.2, -0.15) is 0 Å². The summed E-state index contributed by atoms with van der Waals surface area (Å²) in [6.07, 6.45) is 13.5. The molecule has 4 aliphatic rings. The van der Waals surface area contributed by atoms with Crippen molar-refractivity contribution in [2.24, 2.45) is 45.6 Å². The molecular formula is C21H35NO. The van der Waals surface area contributed by atoms with Crippen LogP contribution in [0.25, 0.3) is 0 Å². The lowest BCUT2D eigenvalue weighted by Gasteiger charge is -2.60. The largest absolute Gasteiger partial charge is 0.411 e. The highest BCUT2D eigenvalue weighted by Gasteiger charge is 2.59. The highest BCUT2D eigenvalue weighted by Crippen LogP contribution is 2.67. The fraction of sp³-hybridized carbons (Fsp3) is 0.952. The number of fused-ring (bicyclic) bond motifs is 5. The van der Waals surface area contributed by atoms with Gasteiger partial charge < -0.3 is 5.21 Å². The standard InChI is InChI=1S/C21H35NO/c1-4-14-6-8-18-17-7-5-15-13-16(22-23)9-11-21(15,3)19(17)10-12-20(14,18)2/h14-15,17-19,23H,4-13H2,1-3H3/b22-16+/t14-,15-,17-,18-,19-,20+,21-/m0/s1. The summed E-state index contributed by atoms with van der Waals surface area (Å²) in [5.74, 6) is 4.68. The van der Waals surface area contributed by atoms with E-state index in [0.717, 1.165) is 48.1 Å². The molecular weight excluding hydrogens is 282 g/mol. The summed E-state index contributed by atoms with van der Waals surface area (Å²) < 4.78 is 0. The quantitative estimate of drug-likeness (QED) is 0.475. The third-order valence-electron chi connectivity index (χ3n) is 9.33. The van der Waals surface area contributed by atoms with E-state index in [0.29, 0.717) is 10.8 Å². The van der Waals surface area contributed by atoms with E-state index < -0.39 is 0 Å². The molecule has 0 aromatic heterocycles. The summed E-state index contributed by atoms with van der Waals surface area (Å²) in [6, 6.07) is 0. The zero-order valence-corrected chi connectivity index (χ0v) is 15.4. The molecule has 0 spiro atoms. The maximum Gasteiger partial charge on any atom is 0.0574 e. The predicted octanol–water partition coefficient (Wildman–Crippen LogP) is 5.89. The van der Waals surface area contributed by atoms with E-state index in [1.54, 1.807) is 0 Å². The molecule has 4 fully saturated rings. The van der Waals surface area contributed by atoms with E-state index in [2.05, 4.69) is 25.9 Å². The van der Waals surface area contributed by atoms with Crippen molar-refractivity contribution >= 4 is 5.71 Å². The van der Waals surface area contributed by atoms with Crippen molar-refractivity contribution in [2.75, 3.05) is 0 Å². The average molecular weight is 318 g/mol. The van der Waals surface area contributed by atoms with Gasteiger partial charge in [0.2, 0.25) is 0 Å². The van der Waals surface area contributed by atoms with E-state index in [1.807, 2.05) is 0 Å². The Morgan fingerprint density at radius 1 is 1.00 bits per heavy atom. The molecule has 0 aromatic rings. The summed E-state index contributed by atoms with van der Waals surface area (Å²) in [4.78, 5) is 0. The molecule has 0 heterocycles. The van der Waals surface area contributed by atoms with Gasteiger partial charge >= 0.3 is 0 Å². The molecule has 0 aliphatic heterocycles. The van der Waals surface area contributed by atoms with Gasteiger partial charge in [0, 0.05) is 0 Å². The molecule has 130 valence electrons. The molecule has 2 heteroatoms. The molecule has 2 nitrogen and oxygen atoms in total. The van der Waals surface area contributed by atoms with E-state index >= 15 is 0 Å². The molecule has 4 saturated carbocycles. The maximum atomic E-state index is 9.20. The number of nitrogens with zero attached hydrogens (tertiary/aromatic N) is 1. The Bertz CT molecular complexity index is 500.